The molecular formula is C13H14BrNOS. The van der Waals surface area contributed by atoms with E-state index < -0.39 is 0 Å². The van der Waals surface area contributed by atoms with E-state index >= 15 is 0 Å². The zero-order valence-corrected chi connectivity index (χ0v) is 12.2. The average Bonchev–Trinajstić information content (AvgIpc) is 2.79. The van der Waals surface area contributed by atoms with E-state index in [0.717, 1.165) is 20.7 Å². The van der Waals surface area contributed by atoms with Crippen LogP contribution in [0.4, 0.5) is 0 Å². The second-order valence-corrected chi connectivity index (χ2v) is 6.27. The van der Waals surface area contributed by atoms with E-state index in [0.29, 0.717) is 0 Å². The minimum atomic E-state index is -0.274. The summed E-state index contributed by atoms with van der Waals surface area (Å²) in [5, 5.41) is 12.3. The first-order chi connectivity index (χ1) is 8.04. The van der Waals surface area contributed by atoms with Crippen molar-refractivity contribution in [1.82, 2.24) is 4.98 Å². The minimum Gasteiger partial charge on any atom is -0.395 e. The van der Waals surface area contributed by atoms with Crippen LogP contribution >= 0.6 is 27.3 Å². The van der Waals surface area contributed by atoms with E-state index in [-0.39, 0.29) is 12.0 Å². The van der Waals surface area contributed by atoms with Crippen LogP contribution in [0.2, 0.25) is 0 Å². The predicted octanol–water partition coefficient (Wildman–Crippen LogP) is 3.84. The van der Waals surface area contributed by atoms with Crippen molar-refractivity contribution >= 4 is 27.3 Å². The Morgan fingerprint density at radius 1 is 1.35 bits per heavy atom. The van der Waals surface area contributed by atoms with Gasteiger partial charge in [-0.1, -0.05) is 48.0 Å². The van der Waals surface area contributed by atoms with Gasteiger partial charge in [-0.3, -0.25) is 0 Å². The molecule has 90 valence electrons. The van der Waals surface area contributed by atoms with Gasteiger partial charge in [0.1, 0.15) is 5.01 Å². The lowest BCUT2D eigenvalue weighted by molar-refractivity contribution is 0.218. The van der Waals surface area contributed by atoms with Crippen LogP contribution in [-0.2, 0) is 5.41 Å². The van der Waals surface area contributed by atoms with Gasteiger partial charge in [0.25, 0.3) is 0 Å². The zero-order valence-electron chi connectivity index (χ0n) is 9.77. The van der Waals surface area contributed by atoms with Gasteiger partial charge in [0.15, 0.2) is 0 Å². The third-order valence-electron chi connectivity index (χ3n) is 2.63. The van der Waals surface area contributed by atoms with E-state index in [4.69, 9.17) is 0 Å². The number of benzene rings is 1. The molecule has 4 heteroatoms. The van der Waals surface area contributed by atoms with Gasteiger partial charge in [0, 0.05) is 20.8 Å². The van der Waals surface area contributed by atoms with E-state index in [1.54, 1.807) is 11.3 Å². The average molecular weight is 312 g/mol. The molecular weight excluding hydrogens is 298 g/mol. The number of nitrogens with zero attached hydrogens (tertiary/aromatic N) is 1. The number of hydrogen-bond acceptors (Lipinski definition) is 3. The lowest BCUT2D eigenvalue weighted by Gasteiger charge is -2.17. The highest BCUT2D eigenvalue weighted by atomic mass is 79.9. The molecule has 2 nitrogen and oxygen atoms in total. The van der Waals surface area contributed by atoms with Crippen molar-refractivity contribution in [2.45, 2.75) is 19.3 Å². The maximum absolute atomic E-state index is 9.34. The van der Waals surface area contributed by atoms with Crippen molar-refractivity contribution < 1.29 is 5.11 Å². The quantitative estimate of drug-likeness (QED) is 0.934. The number of aromatic nitrogens is 1. The predicted molar refractivity (Wildman–Crippen MR) is 75.4 cm³/mol. The summed E-state index contributed by atoms with van der Waals surface area (Å²) in [4.78, 5) is 4.61. The second kappa shape index (κ2) is 4.88. The lowest BCUT2D eigenvalue weighted by atomic mass is 9.96. The minimum absolute atomic E-state index is 0.107. The van der Waals surface area contributed by atoms with E-state index in [1.165, 1.54) is 0 Å². The fourth-order valence-corrected chi connectivity index (χ4v) is 2.87. The molecule has 0 bridgehead atoms. The summed E-state index contributed by atoms with van der Waals surface area (Å²) < 4.78 is 1.04. The molecule has 0 saturated heterocycles. The highest BCUT2D eigenvalue weighted by Crippen LogP contribution is 2.33. The lowest BCUT2D eigenvalue weighted by Crippen LogP contribution is -2.21. The Hall–Kier alpha value is -0.710. The summed E-state index contributed by atoms with van der Waals surface area (Å²) >= 11 is 5.12. The molecule has 0 fully saturated rings. The molecule has 0 atom stereocenters. The molecule has 0 aliphatic carbocycles. The standard InChI is InChI=1S/C13H14BrNOS/c1-13(2,8-16)12-15-11(7-17-12)9-5-3-4-6-10(9)14/h3-7,16H,8H2,1-2H3. The van der Waals surface area contributed by atoms with Gasteiger partial charge >= 0.3 is 0 Å². The third-order valence-corrected chi connectivity index (χ3v) is 4.53. The Bertz CT molecular complexity index is 522. The first-order valence-corrected chi connectivity index (χ1v) is 7.03. The number of thiazole rings is 1. The summed E-state index contributed by atoms with van der Waals surface area (Å²) in [6.07, 6.45) is 0. The van der Waals surface area contributed by atoms with Crippen molar-refractivity contribution in [2.75, 3.05) is 6.61 Å². The fraction of sp³-hybridized carbons (Fsp3) is 0.308. The number of aliphatic hydroxyl groups is 1. The monoisotopic (exact) mass is 311 g/mol. The first kappa shape index (κ1) is 12.7. The molecule has 1 N–H and O–H groups in total. The molecule has 0 aliphatic heterocycles. The summed E-state index contributed by atoms with van der Waals surface area (Å²) in [6, 6.07) is 8.02. The van der Waals surface area contributed by atoms with Crippen molar-refractivity contribution in [3.63, 3.8) is 0 Å². The zero-order chi connectivity index (χ0) is 12.5. The second-order valence-electron chi connectivity index (χ2n) is 4.56. The Kier molecular flexibility index (Phi) is 3.66. The van der Waals surface area contributed by atoms with Gasteiger partial charge in [-0.15, -0.1) is 11.3 Å². The van der Waals surface area contributed by atoms with Crippen LogP contribution in [0.15, 0.2) is 34.1 Å². The molecule has 0 spiro atoms. The molecule has 0 radical (unpaired) electrons. The SMILES string of the molecule is CC(C)(CO)c1nc(-c2ccccc2Br)cs1. The van der Waals surface area contributed by atoms with Crippen molar-refractivity contribution in [3.8, 4) is 11.3 Å². The van der Waals surface area contributed by atoms with Gasteiger partial charge in [-0.25, -0.2) is 4.98 Å². The smallest absolute Gasteiger partial charge is 0.101 e. The topological polar surface area (TPSA) is 33.1 Å². The Morgan fingerprint density at radius 3 is 2.71 bits per heavy atom. The molecule has 0 amide bonds. The normalized spacial score (nSPS) is 11.8. The van der Waals surface area contributed by atoms with E-state index in [1.807, 2.05) is 43.5 Å². The Labute approximate surface area is 113 Å². The molecule has 17 heavy (non-hydrogen) atoms. The van der Waals surface area contributed by atoms with Gasteiger partial charge in [-0.2, -0.15) is 0 Å². The molecule has 0 unspecified atom stereocenters. The van der Waals surface area contributed by atoms with Crippen LogP contribution < -0.4 is 0 Å². The van der Waals surface area contributed by atoms with Crippen LogP contribution in [0.25, 0.3) is 11.3 Å². The summed E-state index contributed by atoms with van der Waals surface area (Å²) in [5.41, 5.74) is 1.77. The largest absolute Gasteiger partial charge is 0.395 e. The van der Waals surface area contributed by atoms with Crippen LogP contribution in [0.5, 0.6) is 0 Å². The molecule has 1 aromatic heterocycles. The van der Waals surface area contributed by atoms with Crippen LogP contribution in [-0.4, -0.2) is 16.7 Å². The van der Waals surface area contributed by atoms with Gasteiger partial charge in [0.2, 0.25) is 0 Å². The number of halogens is 1. The highest BCUT2D eigenvalue weighted by molar-refractivity contribution is 9.10. The van der Waals surface area contributed by atoms with Crippen LogP contribution in [0.1, 0.15) is 18.9 Å². The summed E-state index contributed by atoms with van der Waals surface area (Å²) in [5.74, 6) is 0. The Balaban J connectivity index is 2.40. The Morgan fingerprint density at radius 2 is 2.06 bits per heavy atom. The maximum Gasteiger partial charge on any atom is 0.101 e. The maximum atomic E-state index is 9.34. The van der Waals surface area contributed by atoms with Gasteiger partial charge in [0.05, 0.1) is 12.3 Å². The molecule has 0 saturated carbocycles. The molecule has 1 aromatic carbocycles. The highest BCUT2D eigenvalue weighted by Gasteiger charge is 2.23. The first-order valence-electron chi connectivity index (χ1n) is 5.36. The van der Waals surface area contributed by atoms with Crippen molar-refractivity contribution in [3.05, 3.63) is 39.1 Å². The van der Waals surface area contributed by atoms with Gasteiger partial charge < -0.3 is 5.11 Å². The summed E-state index contributed by atoms with van der Waals surface area (Å²) in [6.45, 7) is 4.10. The number of aliphatic hydroxyl groups excluding tert-OH is 1. The molecule has 0 aliphatic rings. The molecule has 1 heterocycles. The molecule has 2 rings (SSSR count). The number of rotatable bonds is 3. The fourth-order valence-electron chi connectivity index (χ4n) is 1.44. The van der Waals surface area contributed by atoms with Crippen molar-refractivity contribution in [2.24, 2.45) is 0 Å². The van der Waals surface area contributed by atoms with Crippen LogP contribution in [0, 0.1) is 0 Å². The molecule has 2 aromatic rings. The van der Waals surface area contributed by atoms with E-state index in [9.17, 15) is 5.11 Å². The summed E-state index contributed by atoms with van der Waals surface area (Å²) in [7, 11) is 0. The van der Waals surface area contributed by atoms with Gasteiger partial charge in [-0.05, 0) is 6.07 Å². The van der Waals surface area contributed by atoms with Crippen molar-refractivity contribution in [1.29, 1.82) is 0 Å². The number of hydrogen-bond donors (Lipinski definition) is 1. The van der Waals surface area contributed by atoms with Crippen LogP contribution in [0.3, 0.4) is 0 Å². The third kappa shape index (κ3) is 2.59. The van der Waals surface area contributed by atoms with E-state index in [2.05, 4.69) is 20.9 Å².